The Balaban J connectivity index is 1.22. The van der Waals surface area contributed by atoms with Crippen molar-refractivity contribution in [3.63, 3.8) is 0 Å². The van der Waals surface area contributed by atoms with Crippen molar-refractivity contribution in [2.45, 2.75) is 37.8 Å². The van der Waals surface area contributed by atoms with Crippen LogP contribution in [0.4, 0.5) is 0 Å². The average molecular weight is 404 g/mol. The van der Waals surface area contributed by atoms with Crippen LogP contribution >= 0.6 is 0 Å². The van der Waals surface area contributed by atoms with Gasteiger partial charge in [0.15, 0.2) is 0 Å². The Labute approximate surface area is 175 Å². The molecule has 1 N–H and O–H groups in total. The zero-order valence-corrected chi connectivity index (χ0v) is 17.7. The summed E-state index contributed by atoms with van der Waals surface area (Å²) in [5.41, 5.74) is 0.663. The number of rotatable bonds is 8. The first-order valence-corrected chi connectivity index (χ1v) is 11.4. The van der Waals surface area contributed by atoms with E-state index in [2.05, 4.69) is 39.0 Å². The van der Waals surface area contributed by atoms with Crippen molar-refractivity contribution >= 4 is 0 Å². The lowest BCUT2D eigenvalue weighted by molar-refractivity contribution is -0.0266. The molecule has 0 aliphatic carbocycles. The highest BCUT2D eigenvalue weighted by Crippen LogP contribution is 2.25. The average Bonchev–Trinajstić information content (AvgIpc) is 3.10. The number of nitrogens with zero attached hydrogens (tertiary/aromatic N) is 3. The molecule has 3 saturated heterocycles. The molecule has 6 heteroatoms. The maximum Gasteiger partial charge on any atom is 0.119 e. The number of hydrogen-bond donors (Lipinski definition) is 1. The smallest absolute Gasteiger partial charge is 0.119 e. The molecule has 0 spiro atoms. The van der Waals surface area contributed by atoms with Gasteiger partial charge >= 0.3 is 0 Å². The summed E-state index contributed by atoms with van der Waals surface area (Å²) in [6.07, 6.45) is 4.86. The van der Waals surface area contributed by atoms with E-state index in [1.54, 1.807) is 0 Å². The fourth-order valence-corrected chi connectivity index (χ4v) is 4.85. The number of aliphatic hydroxyl groups is 1. The third-order valence-electron chi connectivity index (χ3n) is 6.46. The summed E-state index contributed by atoms with van der Waals surface area (Å²) in [5, 5.41) is 11.0. The van der Waals surface area contributed by atoms with Crippen molar-refractivity contribution in [3.05, 3.63) is 29.8 Å². The number of likely N-dealkylation sites (tertiary alicyclic amines) is 2. The molecule has 3 fully saturated rings. The van der Waals surface area contributed by atoms with Gasteiger partial charge in [-0.15, -0.1) is 0 Å². The molecule has 0 radical (unpaired) electrons. The summed E-state index contributed by atoms with van der Waals surface area (Å²) >= 11 is 0. The van der Waals surface area contributed by atoms with Gasteiger partial charge in [0.1, 0.15) is 12.4 Å². The van der Waals surface area contributed by atoms with Crippen LogP contribution in [0.3, 0.4) is 0 Å². The van der Waals surface area contributed by atoms with E-state index < -0.39 is 5.60 Å². The largest absolute Gasteiger partial charge is 0.492 e. The molecule has 1 atom stereocenters. The van der Waals surface area contributed by atoms with Crippen molar-refractivity contribution in [1.82, 2.24) is 14.7 Å². The van der Waals surface area contributed by atoms with Crippen LogP contribution < -0.4 is 4.74 Å². The topological polar surface area (TPSA) is 48.4 Å². The van der Waals surface area contributed by atoms with E-state index in [1.165, 1.54) is 37.9 Å². The first kappa shape index (κ1) is 21.1. The highest BCUT2D eigenvalue weighted by molar-refractivity contribution is 5.28. The van der Waals surface area contributed by atoms with E-state index in [-0.39, 0.29) is 0 Å². The van der Waals surface area contributed by atoms with Crippen LogP contribution in [0.2, 0.25) is 0 Å². The summed E-state index contributed by atoms with van der Waals surface area (Å²) < 4.78 is 11.4. The van der Waals surface area contributed by atoms with Crippen LogP contribution in [-0.4, -0.2) is 97.6 Å². The Hall–Kier alpha value is -1.18. The number of ether oxygens (including phenoxy) is 2. The molecular weight excluding hydrogens is 366 g/mol. The monoisotopic (exact) mass is 403 g/mol. The van der Waals surface area contributed by atoms with Crippen LogP contribution in [0, 0.1) is 0 Å². The quantitative estimate of drug-likeness (QED) is 0.715. The molecular formula is C23H37N3O3. The molecule has 0 unspecified atom stereocenters. The van der Waals surface area contributed by atoms with E-state index in [4.69, 9.17) is 9.47 Å². The minimum Gasteiger partial charge on any atom is -0.492 e. The molecule has 4 rings (SSSR count). The lowest BCUT2D eigenvalue weighted by Crippen LogP contribution is -2.48. The summed E-state index contributed by atoms with van der Waals surface area (Å²) in [6, 6.07) is 8.46. The molecule has 3 aliphatic heterocycles. The first-order valence-electron chi connectivity index (χ1n) is 11.4. The van der Waals surface area contributed by atoms with Gasteiger partial charge in [-0.25, -0.2) is 0 Å². The van der Waals surface area contributed by atoms with Gasteiger partial charge in [-0.3, -0.25) is 14.7 Å². The van der Waals surface area contributed by atoms with E-state index in [0.29, 0.717) is 0 Å². The number of piperidine rings is 1. The second-order valence-corrected chi connectivity index (χ2v) is 8.97. The summed E-state index contributed by atoms with van der Waals surface area (Å²) in [4.78, 5) is 7.21. The minimum absolute atomic E-state index is 0.597. The normalized spacial score (nSPS) is 27.3. The Bertz CT molecular complexity index is 632. The lowest BCUT2D eigenvalue weighted by atomic mass is 10.0. The Morgan fingerprint density at radius 1 is 0.966 bits per heavy atom. The molecule has 6 nitrogen and oxygen atoms in total. The number of β-amino-alcohol motifs (C(OH)–C–C–N with tert-alkyl or cyclic N) is 1. The van der Waals surface area contributed by atoms with Crippen LogP contribution in [0.25, 0.3) is 0 Å². The highest BCUT2D eigenvalue weighted by atomic mass is 16.5. The molecule has 0 saturated carbocycles. The van der Waals surface area contributed by atoms with E-state index >= 15 is 0 Å². The molecule has 3 heterocycles. The van der Waals surface area contributed by atoms with E-state index in [1.807, 2.05) is 0 Å². The predicted octanol–water partition coefficient (Wildman–Crippen LogP) is 1.82. The predicted molar refractivity (Wildman–Crippen MR) is 114 cm³/mol. The van der Waals surface area contributed by atoms with Gasteiger partial charge in [-0.2, -0.15) is 0 Å². The van der Waals surface area contributed by atoms with Crippen LogP contribution in [0.5, 0.6) is 5.75 Å². The summed E-state index contributed by atoms with van der Waals surface area (Å²) in [5.74, 6) is 0.960. The maximum absolute atomic E-state index is 11.0. The third kappa shape index (κ3) is 6.40. The second-order valence-electron chi connectivity index (χ2n) is 8.97. The van der Waals surface area contributed by atoms with Crippen LogP contribution in [0.1, 0.15) is 31.2 Å². The Morgan fingerprint density at radius 2 is 1.79 bits per heavy atom. The fourth-order valence-electron chi connectivity index (χ4n) is 4.85. The summed E-state index contributed by atoms with van der Waals surface area (Å²) in [6.45, 7) is 10.9. The van der Waals surface area contributed by atoms with E-state index in [9.17, 15) is 5.11 Å². The molecule has 0 aromatic heterocycles. The van der Waals surface area contributed by atoms with Gasteiger partial charge in [-0.1, -0.05) is 18.6 Å². The highest BCUT2D eigenvalue weighted by Gasteiger charge is 2.37. The van der Waals surface area contributed by atoms with Gasteiger partial charge in [0, 0.05) is 45.8 Å². The number of morpholine rings is 1. The van der Waals surface area contributed by atoms with Crippen molar-refractivity contribution in [2.75, 3.05) is 72.2 Å². The second kappa shape index (κ2) is 10.2. The zero-order chi connectivity index (χ0) is 19.9. The van der Waals surface area contributed by atoms with Crippen LogP contribution in [-0.2, 0) is 11.3 Å². The van der Waals surface area contributed by atoms with Gasteiger partial charge < -0.3 is 14.6 Å². The lowest BCUT2D eigenvalue weighted by Gasteiger charge is -2.33. The van der Waals surface area contributed by atoms with Gasteiger partial charge in [0.2, 0.25) is 0 Å². The van der Waals surface area contributed by atoms with Gasteiger partial charge in [-0.05, 0) is 50.0 Å². The molecule has 1 aromatic carbocycles. The number of hydrogen-bond acceptors (Lipinski definition) is 6. The van der Waals surface area contributed by atoms with E-state index in [0.717, 1.165) is 77.8 Å². The standard InChI is InChI=1S/C23H37N3O3/c27-23(19-25-11-14-28-15-12-25)7-10-26(20-23)18-21-5-4-6-22(17-21)29-16-13-24-8-2-1-3-9-24/h4-6,17,27H,1-3,7-16,18-20H2/t23-/m1/s1. The van der Waals surface area contributed by atoms with Crippen molar-refractivity contribution in [3.8, 4) is 5.75 Å². The van der Waals surface area contributed by atoms with Crippen molar-refractivity contribution < 1.29 is 14.6 Å². The van der Waals surface area contributed by atoms with Gasteiger partial charge in [0.25, 0.3) is 0 Å². The Morgan fingerprint density at radius 3 is 2.62 bits per heavy atom. The molecule has 162 valence electrons. The maximum atomic E-state index is 11.0. The number of benzene rings is 1. The minimum atomic E-state index is -0.597. The van der Waals surface area contributed by atoms with Gasteiger partial charge in [0.05, 0.1) is 18.8 Å². The molecule has 1 aromatic rings. The molecule has 0 bridgehead atoms. The fraction of sp³-hybridized carbons (Fsp3) is 0.739. The Kier molecular flexibility index (Phi) is 7.43. The SMILES string of the molecule is O[C@@]1(CN2CCOCC2)CCN(Cc2cccc(OCCN3CCCCC3)c2)C1. The first-order chi connectivity index (χ1) is 14.2. The molecule has 29 heavy (non-hydrogen) atoms. The molecule has 3 aliphatic rings. The zero-order valence-electron chi connectivity index (χ0n) is 17.7. The molecule has 0 amide bonds. The van der Waals surface area contributed by atoms with Crippen LogP contribution in [0.15, 0.2) is 24.3 Å². The van der Waals surface area contributed by atoms with Crippen molar-refractivity contribution in [2.24, 2.45) is 0 Å². The van der Waals surface area contributed by atoms with Crippen molar-refractivity contribution in [1.29, 1.82) is 0 Å². The third-order valence-corrected chi connectivity index (χ3v) is 6.46. The summed E-state index contributed by atoms with van der Waals surface area (Å²) in [7, 11) is 0.